The van der Waals surface area contributed by atoms with Crippen LogP contribution in [0.4, 0.5) is 5.69 Å². The summed E-state index contributed by atoms with van der Waals surface area (Å²) in [5.74, 6) is 0. The Morgan fingerprint density at radius 1 is 1.18 bits per heavy atom. The first-order chi connectivity index (χ1) is 10.5. The third kappa shape index (κ3) is 3.71. The number of nitrogens with one attached hydrogen (secondary N) is 1. The minimum atomic E-state index is -3.11. The number of benzene rings is 2. The Balaban J connectivity index is 2.38. The molecule has 1 atom stereocenters. The van der Waals surface area contributed by atoms with Crippen LogP contribution >= 0.6 is 19.2 Å². The number of halogens is 1. The maximum atomic E-state index is 12.6. The second kappa shape index (κ2) is 7.30. The largest absolute Gasteiger partial charge is 0.303 e. The van der Waals surface area contributed by atoms with E-state index in [4.69, 9.17) is 17.1 Å². The number of hydrogen-bond acceptors (Lipinski definition) is 1. The summed E-state index contributed by atoms with van der Waals surface area (Å²) >= 11 is 6.41. The number of hydrogen-bond donors (Lipinski definition) is 2. The van der Waals surface area contributed by atoms with E-state index in [1.54, 1.807) is 4.67 Å². The smallest absolute Gasteiger partial charge is 0.300 e. The fourth-order valence-corrected chi connectivity index (χ4v) is 4.19. The molecule has 0 fully saturated rings. The van der Waals surface area contributed by atoms with Gasteiger partial charge in [0.1, 0.15) is 0 Å². The van der Waals surface area contributed by atoms with Crippen LogP contribution in [0.2, 0.25) is 5.02 Å². The van der Waals surface area contributed by atoms with Gasteiger partial charge in [-0.1, -0.05) is 54.9 Å². The molecule has 4 nitrogen and oxygen atoms in total. The van der Waals surface area contributed by atoms with Crippen molar-refractivity contribution in [3.05, 3.63) is 53.6 Å². The predicted octanol–water partition coefficient (Wildman–Crippen LogP) is 4.51. The van der Waals surface area contributed by atoms with E-state index in [1.807, 2.05) is 62.4 Å². The quantitative estimate of drug-likeness (QED) is 0.761. The number of nitrogens with two attached hydrogens (primary N) is 1. The highest BCUT2D eigenvalue weighted by Crippen LogP contribution is 2.42. The summed E-state index contributed by atoms with van der Waals surface area (Å²) in [6.45, 7) is 4.86. The van der Waals surface area contributed by atoms with Crippen molar-refractivity contribution in [2.24, 2.45) is 5.50 Å². The van der Waals surface area contributed by atoms with Crippen molar-refractivity contribution in [1.82, 2.24) is 5.09 Å². The van der Waals surface area contributed by atoms with Gasteiger partial charge in [-0.3, -0.25) is 14.7 Å². The summed E-state index contributed by atoms with van der Waals surface area (Å²) in [7, 11) is -3.11. The van der Waals surface area contributed by atoms with E-state index in [-0.39, 0.29) is 0 Å². The van der Waals surface area contributed by atoms with Gasteiger partial charge in [-0.2, -0.15) is 0 Å². The fraction of sp³-hybridized carbons (Fsp3) is 0.250. The standard InChI is InChI=1S/C16H21ClN3OP/c1-3-19-22(18,21)20(4-2)14-10-11-15(16(17)12-14)13-8-6-5-7-9-13/h5-12H,3-4H2,1-2H3,(H3,18,19,21). The summed E-state index contributed by atoms with van der Waals surface area (Å²) in [6, 6.07) is 15.6. The van der Waals surface area contributed by atoms with E-state index in [2.05, 4.69) is 5.09 Å². The van der Waals surface area contributed by atoms with Gasteiger partial charge in [0.2, 0.25) is 0 Å². The third-order valence-electron chi connectivity index (χ3n) is 3.38. The molecule has 0 spiro atoms. The lowest BCUT2D eigenvalue weighted by Gasteiger charge is -2.30. The van der Waals surface area contributed by atoms with Crippen molar-refractivity contribution in [3.8, 4) is 11.1 Å². The minimum Gasteiger partial charge on any atom is -0.300 e. The fourth-order valence-electron chi connectivity index (χ4n) is 2.39. The molecule has 2 aromatic carbocycles. The predicted molar refractivity (Wildman–Crippen MR) is 95.4 cm³/mol. The molecular weight excluding hydrogens is 317 g/mol. The molecule has 0 aliphatic heterocycles. The van der Waals surface area contributed by atoms with Crippen molar-refractivity contribution >= 4 is 24.9 Å². The van der Waals surface area contributed by atoms with Crippen LogP contribution in [0.5, 0.6) is 0 Å². The van der Waals surface area contributed by atoms with Crippen LogP contribution in [-0.2, 0) is 4.57 Å². The van der Waals surface area contributed by atoms with Crippen molar-refractivity contribution in [3.63, 3.8) is 0 Å². The summed E-state index contributed by atoms with van der Waals surface area (Å²) in [4.78, 5) is 0. The molecule has 2 rings (SSSR count). The van der Waals surface area contributed by atoms with Gasteiger partial charge in [-0.25, -0.2) is 5.09 Å². The van der Waals surface area contributed by atoms with E-state index in [1.165, 1.54) is 0 Å². The van der Waals surface area contributed by atoms with Gasteiger partial charge in [0.25, 0.3) is 0 Å². The number of nitrogens with zero attached hydrogens (tertiary/aromatic N) is 1. The molecule has 0 radical (unpaired) electrons. The van der Waals surface area contributed by atoms with E-state index >= 15 is 0 Å². The Morgan fingerprint density at radius 3 is 2.41 bits per heavy atom. The highest BCUT2D eigenvalue weighted by atomic mass is 35.5. The average molecular weight is 338 g/mol. The zero-order chi connectivity index (χ0) is 16.2. The Morgan fingerprint density at radius 2 is 1.86 bits per heavy atom. The Bertz CT molecular complexity index is 678. The lowest BCUT2D eigenvalue weighted by molar-refractivity contribution is 0.563. The second-order valence-corrected chi connectivity index (χ2v) is 7.33. The molecule has 3 N–H and O–H groups in total. The first kappa shape index (κ1) is 17.0. The van der Waals surface area contributed by atoms with Crippen LogP contribution in [0.3, 0.4) is 0 Å². The monoisotopic (exact) mass is 337 g/mol. The first-order valence-corrected chi connectivity index (χ1v) is 9.37. The summed E-state index contributed by atoms with van der Waals surface area (Å²) in [5, 5.41) is 3.46. The lowest BCUT2D eigenvalue weighted by Crippen LogP contribution is -2.32. The molecule has 6 heteroatoms. The SMILES string of the molecule is CCNP(N)(=O)N(CC)c1ccc(-c2ccccc2)c(Cl)c1. The molecule has 2 aromatic rings. The van der Waals surface area contributed by atoms with Crippen LogP contribution in [-0.4, -0.2) is 13.1 Å². The molecule has 0 saturated heterocycles. The van der Waals surface area contributed by atoms with Gasteiger partial charge in [0, 0.05) is 24.3 Å². The van der Waals surface area contributed by atoms with Gasteiger partial charge in [-0.15, -0.1) is 0 Å². The van der Waals surface area contributed by atoms with Gasteiger partial charge >= 0.3 is 7.59 Å². The Labute approximate surface area is 136 Å². The van der Waals surface area contributed by atoms with Gasteiger partial charge in [0.15, 0.2) is 0 Å². The van der Waals surface area contributed by atoms with E-state index in [0.717, 1.165) is 16.8 Å². The van der Waals surface area contributed by atoms with Gasteiger partial charge < -0.3 is 0 Å². The molecular formula is C16H21ClN3OP. The molecule has 0 aromatic heterocycles. The van der Waals surface area contributed by atoms with Crippen LogP contribution in [0.25, 0.3) is 11.1 Å². The lowest BCUT2D eigenvalue weighted by atomic mass is 10.1. The topological polar surface area (TPSA) is 58.4 Å². The molecule has 0 saturated carbocycles. The van der Waals surface area contributed by atoms with E-state index in [9.17, 15) is 4.57 Å². The summed E-state index contributed by atoms with van der Waals surface area (Å²) in [5.41, 5.74) is 8.68. The highest BCUT2D eigenvalue weighted by molar-refractivity contribution is 7.61. The van der Waals surface area contributed by atoms with Crippen LogP contribution in [0, 0.1) is 0 Å². The van der Waals surface area contributed by atoms with Crippen LogP contribution in [0.15, 0.2) is 48.5 Å². The highest BCUT2D eigenvalue weighted by Gasteiger charge is 2.24. The van der Waals surface area contributed by atoms with Crippen LogP contribution in [0.1, 0.15) is 13.8 Å². The van der Waals surface area contributed by atoms with Crippen molar-refractivity contribution in [1.29, 1.82) is 0 Å². The zero-order valence-electron chi connectivity index (χ0n) is 12.8. The maximum Gasteiger partial charge on any atom is 0.303 e. The van der Waals surface area contributed by atoms with E-state index < -0.39 is 7.59 Å². The Hall–Kier alpha value is -1.32. The summed E-state index contributed by atoms with van der Waals surface area (Å²) < 4.78 is 14.2. The average Bonchev–Trinajstić information content (AvgIpc) is 2.48. The summed E-state index contributed by atoms with van der Waals surface area (Å²) in [6.07, 6.45) is 0. The van der Waals surface area contributed by atoms with E-state index in [0.29, 0.717) is 18.1 Å². The number of anilines is 1. The third-order valence-corrected chi connectivity index (χ3v) is 5.69. The molecule has 0 aliphatic carbocycles. The Kier molecular flexibility index (Phi) is 5.65. The number of rotatable bonds is 6. The molecule has 0 amide bonds. The van der Waals surface area contributed by atoms with Gasteiger partial charge in [-0.05, 0) is 24.6 Å². The molecule has 22 heavy (non-hydrogen) atoms. The minimum absolute atomic E-state index is 0.530. The maximum absolute atomic E-state index is 12.6. The molecule has 0 heterocycles. The normalized spacial score (nSPS) is 13.6. The van der Waals surface area contributed by atoms with Crippen molar-refractivity contribution < 1.29 is 4.57 Å². The van der Waals surface area contributed by atoms with Gasteiger partial charge in [0.05, 0.1) is 5.02 Å². The first-order valence-electron chi connectivity index (χ1n) is 7.26. The van der Waals surface area contributed by atoms with Crippen molar-refractivity contribution in [2.75, 3.05) is 17.8 Å². The van der Waals surface area contributed by atoms with Crippen molar-refractivity contribution in [2.45, 2.75) is 13.8 Å². The molecule has 118 valence electrons. The zero-order valence-corrected chi connectivity index (χ0v) is 14.4. The van der Waals surface area contributed by atoms with Crippen LogP contribution < -0.4 is 15.3 Å². The molecule has 1 unspecified atom stereocenters. The molecule has 0 bridgehead atoms. The molecule has 0 aliphatic rings. The second-order valence-electron chi connectivity index (χ2n) is 4.88.